The van der Waals surface area contributed by atoms with E-state index in [4.69, 9.17) is 9.47 Å². The molecule has 6 N–H and O–H groups in total. The van der Waals surface area contributed by atoms with Crippen molar-refractivity contribution in [2.75, 3.05) is 13.2 Å². The molecule has 9 heteroatoms. The molecule has 376 valence electrons. The first-order chi connectivity index (χ1) is 30.8. The van der Waals surface area contributed by atoms with Crippen LogP contribution in [0.1, 0.15) is 284 Å². The molecule has 0 aromatic heterocycles. The summed E-state index contributed by atoms with van der Waals surface area (Å²) in [4.78, 5) is 13.0. The quantitative estimate of drug-likeness (QED) is 0.0331. The van der Waals surface area contributed by atoms with Crippen molar-refractivity contribution >= 4 is 5.91 Å². The molecule has 1 saturated heterocycles. The molecule has 0 bridgehead atoms. The Morgan fingerprint density at radius 2 is 0.794 bits per heavy atom. The molecule has 9 nitrogen and oxygen atoms in total. The van der Waals surface area contributed by atoms with Gasteiger partial charge in [0.25, 0.3) is 0 Å². The Bertz CT molecular complexity index is 955. The third-order valence-corrected chi connectivity index (χ3v) is 13.7. The molecule has 0 aliphatic carbocycles. The zero-order valence-corrected chi connectivity index (χ0v) is 41.6. The number of nitrogens with one attached hydrogen (secondary N) is 1. The van der Waals surface area contributed by atoms with E-state index in [1.807, 2.05) is 0 Å². The number of ether oxygens (including phenoxy) is 2. The van der Waals surface area contributed by atoms with Gasteiger partial charge in [0.1, 0.15) is 24.4 Å². The lowest BCUT2D eigenvalue weighted by Crippen LogP contribution is -2.60. The van der Waals surface area contributed by atoms with Gasteiger partial charge < -0.3 is 40.3 Å². The van der Waals surface area contributed by atoms with Crippen LogP contribution in [0.4, 0.5) is 0 Å². The van der Waals surface area contributed by atoms with Crippen LogP contribution in [0.3, 0.4) is 0 Å². The Labute approximate surface area is 389 Å². The molecule has 0 spiro atoms. The summed E-state index contributed by atoms with van der Waals surface area (Å²) in [6.45, 7) is 3.86. The first kappa shape index (κ1) is 60.2. The van der Waals surface area contributed by atoms with Crippen LogP contribution in [-0.2, 0) is 14.3 Å². The van der Waals surface area contributed by atoms with Gasteiger partial charge in [0, 0.05) is 6.42 Å². The summed E-state index contributed by atoms with van der Waals surface area (Å²) in [6, 6.07) is -0.711. The normalized spacial score (nSPS) is 20.0. The Balaban J connectivity index is 2.10. The fourth-order valence-electron chi connectivity index (χ4n) is 9.28. The van der Waals surface area contributed by atoms with Crippen LogP contribution < -0.4 is 5.32 Å². The highest BCUT2D eigenvalue weighted by atomic mass is 16.7. The molecule has 1 fully saturated rings. The largest absolute Gasteiger partial charge is 0.394 e. The van der Waals surface area contributed by atoms with E-state index >= 15 is 0 Å². The third kappa shape index (κ3) is 35.1. The van der Waals surface area contributed by atoms with E-state index < -0.39 is 49.5 Å². The lowest BCUT2D eigenvalue weighted by atomic mass is 9.99. The third-order valence-electron chi connectivity index (χ3n) is 13.7. The van der Waals surface area contributed by atoms with Gasteiger partial charge in [0.2, 0.25) is 5.91 Å². The summed E-state index contributed by atoms with van der Waals surface area (Å²) in [6.07, 6.45) is 45.8. The van der Waals surface area contributed by atoms with Gasteiger partial charge in [-0.15, -0.1) is 0 Å². The zero-order chi connectivity index (χ0) is 45.9. The van der Waals surface area contributed by atoms with Gasteiger partial charge in [-0.1, -0.05) is 264 Å². The van der Waals surface area contributed by atoms with E-state index in [0.29, 0.717) is 12.8 Å². The van der Waals surface area contributed by atoms with Crippen molar-refractivity contribution in [2.24, 2.45) is 0 Å². The molecule has 1 aliphatic rings. The highest BCUT2D eigenvalue weighted by molar-refractivity contribution is 5.76. The first-order valence-electron chi connectivity index (χ1n) is 27.7. The van der Waals surface area contributed by atoms with Crippen LogP contribution in [0.25, 0.3) is 0 Å². The summed E-state index contributed by atoms with van der Waals surface area (Å²) in [5.41, 5.74) is 0. The fourth-order valence-corrected chi connectivity index (χ4v) is 9.28. The van der Waals surface area contributed by atoms with Gasteiger partial charge in [0.05, 0.1) is 25.4 Å². The van der Waals surface area contributed by atoms with E-state index in [1.54, 1.807) is 0 Å². The van der Waals surface area contributed by atoms with Crippen LogP contribution in [-0.4, -0.2) is 87.5 Å². The van der Waals surface area contributed by atoms with Gasteiger partial charge >= 0.3 is 0 Å². The Kier molecular flexibility index (Phi) is 43.0. The van der Waals surface area contributed by atoms with Gasteiger partial charge in [-0.3, -0.25) is 4.79 Å². The van der Waals surface area contributed by atoms with Crippen molar-refractivity contribution in [1.29, 1.82) is 0 Å². The molecule has 2 unspecified atom stereocenters. The minimum atomic E-state index is -1.55. The molecule has 7 atom stereocenters. The van der Waals surface area contributed by atoms with Crippen molar-refractivity contribution in [2.45, 2.75) is 326 Å². The Morgan fingerprint density at radius 1 is 0.476 bits per heavy atom. The second kappa shape index (κ2) is 45.0. The van der Waals surface area contributed by atoms with Crippen LogP contribution in [0.15, 0.2) is 0 Å². The van der Waals surface area contributed by atoms with Crippen molar-refractivity contribution in [3.63, 3.8) is 0 Å². The molecule has 1 aliphatic heterocycles. The van der Waals surface area contributed by atoms with Crippen molar-refractivity contribution in [1.82, 2.24) is 5.32 Å². The summed E-state index contributed by atoms with van der Waals surface area (Å²) < 4.78 is 11.3. The highest BCUT2D eigenvalue weighted by Crippen LogP contribution is 2.23. The minimum Gasteiger partial charge on any atom is -0.394 e. The standard InChI is InChI=1S/C54H107NO8/c1-3-5-7-9-11-13-15-16-17-18-19-20-21-22-23-24-25-26-27-28-29-30-31-32-34-36-38-40-42-44-50(58)55-47(46-62-54-53(61)52(60)51(59)49(45-56)63-54)48(57)43-41-39-37-35-33-14-12-10-8-6-4-2/h47-49,51-54,56-57,59-61H,3-46H2,1-2H3,(H,55,58)/t47-,48+,49+,51+,52?,53?,54+/m0/s1. The molecular formula is C54H107NO8. The van der Waals surface area contributed by atoms with Crippen molar-refractivity contribution < 1.29 is 39.8 Å². The number of unbranched alkanes of at least 4 members (excludes halogenated alkanes) is 38. The van der Waals surface area contributed by atoms with Gasteiger partial charge in [0.15, 0.2) is 6.29 Å². The van der Waals surface area contributed by atoms with Crippen LogP contribution in [0.5, 0.6) is 0 Å². The van der Waals surface area contributed by atoms with Crippen molar-refractivity contribution in [3.05, 3.63) is 0 Å². The lowest BCUT2D eigenvalue weighted by molar-refractivity contribution is -0.302. The molecule has 1 amide bonds. The maximum Gasteiger partial charge on any atom is 0.220 e. The average molecular weight is 898 g/mol. The molecular weight excluding hydrogens is 791 g/mol. The summed E-state index contributed by atoms with van der Waals surface area (Å²) >= 11 is 0. The van der Waals surface area contributed by atoms with E-state index in [9.17, 15) is 30.3 Å². The first-order valence-corrected chi connectivity index (χ1v) is 27.7. The van der Waals surface area contributed by atoms with Crippen LogP contribution >= 0.6 is 0 Å². The number of aliphatic hydroxyl groups is 5. The molecule has 0 aromatic rings. The number of hydrogen-bond donors (Lipinski definition) is 6. The predicted octanol–water partition coefficient (Wildman–Crippen LogP) is 13.1. The maximum atomic E-state index is 13.0. The van der Waals surface area contributed by atoms with Crippen molar-refractivity contribution in [3.8, 4) is 0 Å². The Hall–Kier alpha value is -0.810. The number of carbonyl (C=O) groups excluding carboxylic acids is 1. The van der Waals surface area contributed by atoms with Crippen LogP contribution in [0.2, 0.25) is 0 Å². The number of hydrogen-bond acceptors (Lipinski definition) is 8. The zero-order valence-electron chi connectivity index (χ0n) is 41.6. The van der Waals surface area contributed by atoms with Gasteiger partial charge in [-0.2, -0.15) is 0 Å². The molecule has 1 rings (SSSR count). The second-order valence-corrected chi connectivity index (χ2v) is 19.7. The van der Waals surface area contributed by atoms with Gasteiger partial charge in [-0.05, 0) is 12.8 Å². The Morgan fingerprint density at radius 3 is 1.13 bits per heavy atom. The predicted molar refractivity (Wildman–Crippen MR) is 263 cm³/mol. The molecule has 1 heterocycles. The number of rotatable bonds is 48. The average Bonchev–Trinajstić information content (AvgIpc) is 3.28. The molecule has 0 radical (unpaired) electrons. The lowest BCUT2D eigenvalue weighted by Gasteiger charge is -2.40. The molecule has 0 aromatic carbocycles. The number of amides is 1. The topological polar surface area (TPSA) is 149 Å². The van der Waals surface area contributed by atoms with E-state index in [-0.39, 0.29) is 12.5 Å². The van der Waals surface area contributed by atoms with Gasteiger partial charge in [-0.25, -0.2) is 0 Å². The number of carbonyl (C=O) groups is 1. The summed E-state index contributed by atoms with van der Waals surface area (Å²) in [7, 11) is 0. The van der Waals surface area contributed by atoms with Crippen LogP contribution in [0, 0.1) is 0 Å². The monoisotopic (exact) mass is 898 g/mol. The second-order valence-electron chi connectivity index (χ2n) is 19.7. The minimum absolute atomic E-state index is 0.132. The van der Waals surface area contributed by atoms with E-state index in [2.05, 4.69) is 19.2 Å². The smallest absolute Gasteiger partial charge is 0.220 e. The highest BCUT2D eigenvalue weighted by Gasteiger charge is 2.44. The molecule has 0 saturated carbocycles. The summed E-state index contributed by atoms with van der Waals surface area (Å²) in [5.74, 6) is -0.139. The SMILES string of the molecule is CCCCCCCCCCCCCCCCCCCCCCCCCCCCCCCC(=O)N[C@@H](CO[C@@H]1O[C@H](CO)[C@@H](O)C(O)C1O)[C@H](O)CCCCCCCCCCCCC. The summed E-state index contributed by atoms with van der Waals surface area (Å²) in [5, 5.41) is 54.4. The van der Waals surface area contributed by atoms with E-state index in [0.717, 1.165) is 38.5 Å². The maximum absolute atomic E-state index is 13.0. The molecule has 63 heavy (non-hydrogen) atoms. The fraction of sp³-hybridized carbons (Fsp3) is 0.981. The van der Waals surface area contributed by atoms with E-state index in [1.165, 1.54) is 218 Å². The number of aliphatic hydroxyl groups excluding tert-OH is 5.